The Morgan fingerprint density at radius 2 is 1.95 bits per heavy atom. The molecule has 0 saturated heterocycles. The molecule has 2 N–H and O–H groups in total. The first-order valence-electron chi connectivity index (χ1n) is 5.43. The van der Waals surface area contributed by atoms with Crippen molar-refractivity contribution in [3.05, 3.63) is 11.8 Å². The third-order valence-corrected chi connectivity index (χ3v) is 1.98. The first-order valence-corrected chi connectivity index (χ1v) is 5.43. The smallest absolute Gasteiger partial charge is 0.548 e. The van der Waals surface area contributed by atoms with E-state index in [-0.39, 0.29) is 70.1 Å². The predicted octanol–water partition coefficient (Wildman–Crippen LogP) is -4.70. The van der Waals surface area contributed by atoms with Crippen LogP contribution in [0.4, 0.5) is 0 Å². The van der Waals surface area contributed by atoms with Gasteiger partial charge in [0.05, 0.1) is 25.0 Å². The minimum absolute atomic E-state index is 0. The van der Waals surface area contributed by atoms with Crippen LogP contribution in [0.3, 0.4) is 0 Å². The Balaban J connectivity index is 0. The number of ether oxygens (including phenoxy) is 1. The number of esters is 1. The summed E-state index contributed by atoms with van der Waals surface area (Å²) < 4.78 is 4.66. The zero-order chi connectivity index (χ0) is 14.1. The first-order chi connectivity index (χ1) is 8.40. The number of carbonyl (C=O) groups is 3. The van der Waals surface area contributed by atoms with Crippen LogP contribution in [-0.4, -0.2) is 37.5 Å². The van der Waals surface area contributed by atoms with Crippen LogP contribution >= 0.6 is 0 Å². The van der Waals surface area contributed by atoms with Gasteiger partial charge in [-0.3, -0.25) is 4.79 Å². The summed E-state index contributed by atoms with van der Waals surface area (Å²) in [7, 11) is 1.40. The third kappa shape index (κ3) is 10.1. The van der Waals surface area contributed by atoms with Gasteiger partial charge in [-0.05, 0) is 13.8 Å². The van der Waals surface area contributed by atoms with Crippen LogP contribution in [0.1, 0.15) is 20.3 Å². The Hall–Kier alpha value is -0.414. The van der Waals surface area contributed by atoms with Crippen molar-refractivity contribution in [2.45, 2.75) is 26.3 Å². The summed E-state index contributed by atoms with van der Waals surface area (Å²) in [6, 6.07) is -1.20. The van der Waals surface area contributed by atoms with E-state index in [9.17, 15) is 19.5 Å². The average molecular weight is 296 g/mol. The maximum Gasteiger partial charge on any atom is 1.00 e. The van der Waals surface area contributed by atoms with Crippen LogP contribution in [0.2, 0.25) is 0 Å². The molecule has 0 fully saturated rings. The fourth-order valence-electron chi connectivity index (χ4n) is 1.16. The number of carboxylic acids is 1. The van der Waals surface area contributed by atoms with Gasteiger partial charge in [0.25, 0.3) is 0 Å². The van der Waals surface area contributed by atoms with E-state index in [0.717, 1.165) is 6.08 Å². The normalized spacial score (nSPS) is 11.8. The topological polar surface area (TPSA) is 108 Å². The second kappa shape index (κ2) is 11.4. The monoisotopic (exact) mass is 296 g/mol. The van der Waals surface area contributed by atoms with E-state index < -0.39 is 23.9 Å². The number of hydrogen-bond donors (Lipinski definition) is 2. The quantitative estimate of drug-likeness (QED) is 0.278. The fraction of sp³-hybridized carbons (Fsp3) is 0.545. The number of nitrogens with one attached hydrogen (secondary N) is 2. The summed E-state index contributed by atoms with van der Waals surface area (Å²) in [5.41, 5.74) is 0.284. The SMILES string of the molecule is CCOC(=O)/C=C(/C)N[C@H](CC(=O)NC)C(=O)[O-].[K+]. The van der Waals surface area contributed by atoms with Gasteiger partial charge in [-0.1, -0.05) is 0 Å². The Morgan fingerprint density at radius 1 is 1.37 bits per heavy atom. The van der Waals surface area contributed by atoms with Crippen LogP contribution in [-0.2, 0) is 19.1 Å². The average Bonchev–Trinajstić information content (AvgIpc) is 2.27. The molecule has 0 aromatic heterocycles. The van der Waals surface area contributed by atoms with E-state index in [1.54, 1.807) is 6.92 Å². The Labute approximate surface area is 154 Å². The zero-order valence-corrected chi connectivity index (χ0v) is 14.7. The van der Waals surface area contributed by atoms with Gasteiger partial charge in [-0.2, -0.15) is 0 Å². The molecule has 0 aliphatic rings. The number of hydrogen-bond acceptors (Lipinski definition) is 6. The summed E-state index contributed by atoms with van der Waals surface area (Å²) in [6.45, 7) is 3.38. The van der Waals surface area contributed by atoms with E-state index in [1.807, 2.05) is 0 Å². The van der Waals surface area contributed by atoms with E-state index in [1.165, 1.54) is 14.0 Å². The second-order valence-electron chi connectivity index (χ2n) is 3.47. The molecule has 102 valence electrons. The Kier molecular flexibility index (Phi) is 12.6. The van der Waals surface area contributed by atoms with Crippen LogP contribution in [0.5, 0.6) is 0 Å². The molecule has 19 heavy (non-hydrogen) atoms. The molecule has 1 amide bonds. The molecule has 0 spiro atoms. The number of rotatable bonds is 7. The molecule has 0 aliphatic carbocycles. The molecular weight excluding hydrogens is 279 g/mol. The van der Waals surface area contributed by atoms with Gasteiger partial charge in [0, 0.05) is 18.8 Å². The van der Waals surface area contributed by atoms with Crippen molar-refractivity contribution < 1.29 is 75.6 Å². The van der Waals surface area contributed by atoms with Crippen LogP contribution < -0.4 is 67.1 Å². The van der Waals surface area contributed by atoms with Gasteiger partial charge in [0.15, 0.2) is 0 Å². The van der Waals surface area contributed by atoms with E-state index in [0.29, 0.717) is 0 Å². The van der Waals surface area contributed by atoms with E-state index >= 15 is 0 Å². The minimum Gasteiger partial charge on any atom is -0.548 e. The van der Waals surface area contributed by atoms with Gasteiger partial charge in [-0.25, -0.2) is 4.79 Å². The number of carbonyl (C=O) groups excluding carboxylic acids is 3. The molecule has 0 unspecified atom stereocenters. The second-order valence-corrected chi connectivity index (χ2v) is 3.47. The minimum atomic E-state index is -1.42. The van der Waals surface area contributed by atoms with Gasteiger partial charge in [0.2, 0.25) is 5.91 Å². The number of aliphatic carboxylic acids is 1. The van der Waals surface area contributed by atoms with E-state index in [4.69, 9.17) is 0 Å². The molecule has 0 heterocycles. The summed E-state index contributed by atoms with van der Waals surface area (Å²) in [5, 5.41) is 15.6. The third-order valence-electron chi connectivity index (χ3n) is 1.98. The van der Waals surface area contributed by atoms with Crippen molar-refractivity contribution in [1.29, 1.82) is 0 Å². The van der Waals surface area contributed by atoms with Crippen molar-refractivity contribution in [2.24, 2.45) is 0 Å². The van der Waals surface area contributed by atoms with Gasteiger partial charge in [0.1, 0.15) is 0 Å². The van der Waals surface area contributed by atoms with Gasteiger partial charge in [-0.15, -0.1) is 0 Å². The summed E-state index contributed by atoms with van der Waals surface area (Å²) in [5.74, 6) is -2.45. The van der Waals surface area contributed by atoms with Crippen LogP contribution in [0, 0.1) is 0 Å². The molecule has 8 heteroatoms. The fourth-order valence-corrected chi connectivity index (χ4v) is 1.16. The number of amides is 1. The number of carboxylic acid groups (broad SMARTS) is 1. The molecule has 0 aliphatic heterocycles. The molecule has 0 aromatic carbocycles. The molecule has 0 rings (SSSR count). The molecule has 0 aromatic rings. The molecule has 0 bridgehead atoms. The molecule has 0 saturated carbocycles. The molecule has 1 atom stereocenters. The van der Waals surface area contributed by atoms with Crippen LogP contribution in [0.15, 0.2) is 11.8 Å². The maximum atomic E-state index is 11.1. The summed E-state index contributed by atoms with van der Waals surface area (Å²) in [6.07, 6.45) is 0.829. The van der Waals surface area contributed by atoms with Crippen molar-refractivity contribution in [3.8, 4) is 0 Å². The maximum absolute atomic E-state index is 11.1. The van der Waals surface area contributed by atoms with Crippen LogP contribution in [0.25, 0.3) is 0 Å². The predicted molar refractivity (Wildman–Crippen MR) is 61.0 cm³/mol. The van der Waals surface area contributed by atoms with Crippen molar-refractivity contribution in [2.75, 3.05) is 13.7 Å². The zero-order valence-electron chi connectivity index (χ0n) is 11.6. The molecule has 7 nitrogen and oxygen atoms in total. The Morgan fingerprint density at radius 3 is 2.37 bits per heavy atom. The summed E-state index contributed by atoms with van der Waals surface area (Å²) >= 11 is 0. The van der Waals surface area contributed by atoms with Gasteiger partial charge < -0.3 is 25.3 Å². The first kappa shape index (κ1) is 20.9. The molecule has 0 radical (unpaired) electrons. The largest absolute Gasteiger partial charge is 1.00 e. The Bertz CT molecular complexity index is 357. The van der Waals surface area contributed by atoms with Crippen molar-refractivity contribution in [3.63, 3.8) is 0 Å². The van der Waals surface area contributed by atoms with Crippen molar-refractivity contribution >= 4 is 17.8 Å². The standard InChI is InChI=1S/C11H18N2O5.K/c1-4-18-10(15)5-7(2)13-8(11(16)17)6-9(14)12-3;/h5,8,13H,4,6H2,1-3H3,(H,12,14)(H,16,17);/q;+1/p-1/b7-5-;/t8-;/m1./s1. The van der Waals surface area contributed by atoms with E-state index in [2.05, 4.69) is 15.4 Å². The summed E-state index contributed by atoms with van der Waals surface area (Å²) in [4.78, 5) is 33.0. The van der Waals surface area contributed by atoms with Gasteiger partial charge >= 0.3 is 57.4 Å². The number of allylic oxidation sites excluding steroid dienone is 1. The molecular formula is C11H17KN2O5. The van der Waals surface area contributed by atoms with Crippen molar-refractivity contribution in [1.82, 2.24) is 10.6 Å².